The van der Waals surface area contributed by atoms with Crippen molar-refractivity contribution in [3.05, 3.63) is 56.5 Å². The van der Waals surface area contributed by atoms with Crippen molar-refractivity contribution < 1.29 is 19.1 Å². The molecule has 0 unspecified atom stereocenters. The van der Waals surface area contributed by atoms with E-state index in [2.05, 4.69) is 84.0 Å². The Morgan fingerprint density at radius 3 is 1.37 bits per heavy atom. The third kappa shape index (κ3) is 11.4. The normalized spacial score (nSPS) is 11.7. The van der Waals surface area contributed by atoms with E-state index >= 15 is 0 Å². The van der Waals surface area contributed by atoms with Gasteiger partial charge in [0.1, 0.15) is 11.5 Å². The maximum Gasteiger partial charge on any atom is 0.257 e. The minimum absolute atomic E-state index is 0.00365. The van der Waals surface area contributed by atoms with E-state index in [0.29, 0.717) is 13.1 Å². The highest BCUT2D eigenvalue weighted by Gasteiger charge is 2.21. The van der Waals surface area contributed by atoms with Gasteiger partial charge in [-0.1, -0.05) is 86.2 Å². The zero-order valence-corrected chi connectivity index (χ0v) is 26.7. The summed E-state index contributed by atoms with van der Waals surface area (Å²) in [6, 6.07) is 11.7. The Kier molecular flexibility index (Phi) is 12.6. The molecule has 38 heavy (non-hydrogen) atoms. The van der Waals surface area contributed by atoms with Gasteiger partial charge in [0.25, 0.3) is 11.8 Å². The van der Waals surface area contributed by atoms with Crippen LogP contribution in [-0.2, 0) is 20.4 Å². The van der Waals surface area contributed by atoms with Crippen LogP contribution >= 0.6 is 31.9 Å². The van der Waals surface area contributed by atoms with Crippen LogP contribution in [0.25, 0.3) is 0 Å². The maximum absolute atomic E-state index is 12.2. The van der Waals surface area contributed by atoms with Crippen LogP contribution in [0.1, 0.15) is 78.4 Å². The van der Waals surface area contributed by atoms with E-state index in [-0.39, 0.29) is 35.9 Å². The van der Waals surface area contributed by atoms with Crippen molar-refractivity contribution >= 4 is 43.7 Å². The van der Waals surface area contributed by atoms with Crippen molar-refractivity contribution in [2.45, 2.75) is 78.1 Å². The number of ether oxygens (including phenoxy) is 2. The molecule has 0 aliphatic rings. The highest BCUT2D eigenvalue weighted by molar-refractivity contribution is 9.10. The highest BCUT2D eigenvalue weighted by atomic mass is 79.9. The predicted octanol–water partition coefficient (Wildman–Crippen LogP) is 7.06. The van der Waals surface area contributed by atoms with Crippen molar-refractivity contribution in [3.63, 3.8) is 0 Å². The lowest BCUT2D eigenvalue weighted by atomic mass is 9.86. The van der Waals surface area contributed by atoms with Crippen LogP contribution in [0.2, 0.25) is 0 Å². The number of hydrogen-bond donors (Lipinski definition) is 2. The minimum atomic E-state index is -0.125. The summed E-state index contributed by atoms with van der Waals surface area (Å²) in [5.74, 6) is 1.21. The van der Waals surface area contributed by atoms with E-state index < -0.39 is 0 Å². The molecule has 2 rings (SSSR count). The second-order valence-electron chi connectivity index (χ2n) is 11.5. The smallest absolute Gasteiger partial charge is 0.257 e. The van der Waals surface area contributed by atoms with Gasteiger partial charge >= 0.3 is 0 Å². The third-order valence-electron chi connectivity index (χ3n) is 5.96. The lowest BCUT2D eigenvalue weighted by molar-refractivity contribution is -0.123. The average Bonchev–Trinajstić information content (AvgIpc) is 2.82. The van der Waals surface area contributed by atoms with Crippen LogP contribution in [0.15, 0.2) is 45.3 Å². The Balaban J connectivity index is 1.57. The highest BCUT2D eigenvalue weighted by Crippen LogP contribution is 2.34. The molecule has 0 fully saturated rings. The summed E-state index contributed by atoms with van der Waals surface area (Å²) in [6.07, 6.45) is 3.71. The number of benzene rings is 2. The molecule has 0 aromatic heterocycles. The summed E-state index contributed by atoms with van der Waals surface area (Å²) in [4.78, 5) is 24.4. The summed E-state index contributed by atoms with van der Waals surface area (Å²) in [5.41, 5.74) is 1.94. The first-order valence-corrected chi connectivity index (χ1v) is 14.7. The lowest BCUT2D eigenvalue weighted by Gasteiger charge is -2.23. The zero-order valence-electron chi connectivity index (χ0n) is 23.5. The van der Waals surface area contributed by atoms with E-state index in [9.17, 15) is 9.59 Å². The lowest BCUT2D eigenvalue weighted by Crippen LogP contribution is -2.30. The van der Waals surface area contributed by atoms with Crippen LogP contribution in [0.5, 0.6) is 11.5 Å². The van der Waals surface area contributed by atoms with E-state index in [1.165, 1.54) is 0 Å². The molecule has 0 heterocycles. The Bertz CT molecular complexity index is 989. The van der Waals surface area contributed by atoms with Crippen molar-refractivity contribution in [2.75, 3.05) is 26.3 Å². The molecule has 2 aromatic rings. The van der Waals surface area contributed by atoms with Gasteiger partial charge in [-0.05, 0) is 60.1 Å². The number of rotatable bonds is 13. The molecule has 210 valence electrons. The molecule has 8 heteroatoms. The molecule has 2 amide bonds. The summed E-state index contributed by atoms with van der Waals surface area (Å²) < 4.78 is 13.6. The number of carbonyl (C=O) groups excluding carboxylic acids is 2. The molecule has 0 saturated heterocycles. The van der Waals surface area contributed by atoms with E-state index in [1.54, 1.807) is 0 Å². The van der Waals surface area contributed by atoms with Crippen LogP contribution in [0.3, 0.4) is 0 Å². The molecule has 0 bridgehead atoms. The molecular formula is C30H42Br2N2O4. The van der Waals surface area contributed by atoms with Crippen molar-refractivity contribution in [2.24, 2.45) is 0 Å². The molecule has 0 saturated carbocycles. The molecule has 2 N–H and O–H groups in total. The summed E-state index contributed by atoms with van der Waals surface area (Å²) >= 11 is 7.01. The molecule has 0 spiro atoms. The fraction of sp³-hybridized carbons (Fsp3) is 0.533. The number of nitrogens with one attached hydrogen (secondary N) is 2. The standard InChI is InChI=1S/C30H42Br2N2O4/c1-29(2,3)23-17-21(31)11-13-25(23)37-19-27(35)33-15-9-7-8-10-16-34-28(36)20-38-26-14-12-22(32)18-24(26)30(4,5)6/h11-14,17-18H,7-10,15-16,19-20H2,1-6H3,(H,33,35)(H,34,36). The number of halogens is 2. The first-order valence-electron chi connectivity index (χ1n) is 13.2. The fourth-order valence-electron chi connectivity index (χ4n) is 3.88. The van der Waals surface area contributed by atoms with E-state index in [1.807, 2.05) is 36.4 Å². The topological polar surface area (TPSA) is 76.7 Å². The van der Waals surface area contributed by atoms with Crippen molar-refractivity contribution in [3.8, 4) is 11.5 Å². The molecule has 2 aromatic carbocycles. The molecule has 0 aliphatic carbocycles. The van der Waals surface area contributed by atoms with Gasteiger partial charge in [0.05, 0.1) is 0 Å². The number of carbonyl (C=O) groups is 2. The second-order valence-corrected chi connectivity index (χ2v) is 13.3. The summed E-state index contributed by atoms with van der Waals surface area (Å²) in [7, 11) is 0. The van der Waals surface area contributed by atoms with Gasteiger partial charge in [-0.25, -0.2) is 0 Å². The monoisotopic (exact) mass is 652 g/mol. The average molecular weight is 654 g/mol. The second kappa shape index (κ2) is 14.9. The van der Waals surface area contributed by atoms with Gasteiger partial charge in [-0.3, -0.25) is 9.59 Å². The third-order valence-corrected chi connectivity index (χ3v) is 6.95. The Morgan fingerprint density at radius 2 is 1.03 bits per heavy atom. The van der Waals surface area contributed by atoms with Gasteiger partial charge < -0.3 is 20.1 Å². The first-order chi connectivity index (χ1) is 17.8. The van der Waals surface area contributed by atoms with Gasteiger partial charge in [0.15, 0.2) is 13.2 Å². The molecule has 0 radical (unpaired) electrons. The zero-order chi connectivity index (χ0) is 28.3. The first kappa shape index (κ1) is 32.2. The minimum Gasteiger partial charge on any atom is -0.483 e. The maximum atomic E-state index is 12.2. The Labute approximate surface area is 244 Å². The quantitative estimate of drug-likeness (QED) is 0.227. The molecular weight excluding hydrogens is 612 g/mol. The molecule has 0 atom stereocenters. The van der Waals surface area contributed by atoms with Gasteiger partial charge in [-0.2, -0.15) is 0 Å². The fourth-order valence-corrected chi connectivity index (χ4v) is 4.60. The predicted molar refractivity (Wildman–Crippen MR) is 161 cm³/mol. The van der Waals surface area contributed by atoms with Gasteiger partial charge in [0.2, 0.25) is 0 Å². The van der Waals surface area contributed by atoms with Crippen LogP contribution in [-0.4, -0.2) is 38.1 Å². The van der Waals surface area contributed by atoms with Gasteiger partial charge in [0, 0.05) is 33.2 Å². The summed E-state index contributed by atoms with van der Waals surface area (Å²) in [6.45, 7) is 13.9. The van der Waals surface area contributed by atoms with Crippen molar-refractivity contribution in [1.82, 2.24) is 10.6 Å². The van der Waals surface area contributed by atoms with E-state index in [0.717, 1.165) is 57.3 Å². The largest absolute Gasteiger partial charge is 0.483 e. The molecule has 6 nitrogen and oxygen atoms in total. The van der Waals surface area contributed by atoms with Crippen LogP contribution in [0.4, 0.5) is 0 Å². The van der Waals surface area contributed by atoms with Crippen LogP contribution in [0, 0.1) is 0 Å². The Morgan fingerprint density at radius 1 is 0.658 bits per heavy atom. The number of amides is 2. The molecule has 0 aliphatic heterocycles. The van der Waals surface area contributed by atoms with Crippen molar-refractivity contribution in [1.29, 1.82) is 0 Å². The Hall–Kier alpha value is -2.06. The summed E-state index contributed by atoms with van der Waals surface area (Å²) in [5, 5.41) is 5.84. The van der Waals surface area contributed by atoms with Gasteiger partial charge in [-0.15, -0.1) is 0 Å². The number of unbranched alkanes of at least 4 members (excludes halogenated alkanes) is 3. The number of hydrogen-bond acceptors (Lipinski definition) is 4. The van der Waals surface area contributed by atoms with E-state index in [4.69, 9.17) is 9.47 Å². The van der Waals surface area contributed by atoms with Crippen LogP contribution < -0.4 is 20.1 Å². The SMILES string of the molecule is CC(C)(C)c1cc(Br)ccc1OCC(=O)NCCCCCCNC(=O)COc1ccc(Br)cc1C(C)(C)C.